The van der Waals surface area contributed by atoms with Crippen molar-refractivity contribution < 1.29 is 14.7 Å². The van der Waals surface area contributed by atoms with Crippen LogP contribution in [0, 0.1) is 6.92 Å². The summed E-state index contributed by atoms with van der Waals surface area (Å²) in [6, 6.07) is 6.62. The van der Waals surface area contributed by atoms with E-state index in [4.69, 9.17) is 0 Å². The van der Waals surface area contributed by atoms with Crippen LogP contribution in [0.2, 0.25) is 0 Å². The van der Waals surface area contributed by atoms with Crippen LogP contribution >= 0.6 is 27.7 Å². The van der Waals surface area contributed by atoms with E-state index in [0.29, 0.717) is 0 Å². The molecule has 1 heterocycles. The lowest BCUT2D eigenvalue weighted by Gasteiger charge is -2.19. The molecule has 0 bridgehead atoms. The molecule has 1 atom stereocenters. The van der Waals surface area contributed by atoms with Gasteiger partial charge in [0.15, 0.2) is 0 Å². The Bertz CT molecular complexity index is 736. The van der Waals surface area contributed by atoms with Gasteiger partial charge < -0.3 is 15.2 Å². The lowest BCUT2D eigenvalue weighted by Crippen LogP contribution is -2.48. The number of aliphatic carboxylic acids is 1. The van der Waals surface area contributed by atoms with Crippen molar-refractivity contribution in [2.75, 3.05) is 5.75 Å². The maximum Gasteiger partial charge on any atom is 0.217 e. The smallest absolute Gasteiger partial charge is 0.217 e. The summed E-state index contributed by atoms with van der Waals surface area (Å²) in [6.07, 6.45) is 0. The van der Waals surface area contributed by atoms with Crippen LogP contribution in [0.4, 0.5) is 0 Å². The minimum Gasteiger partial charge on any atom is -0.548 e. The van der Waals surface area contributed by atoms with E-state index in [0.717, 1.165) is 26.0 Å². The van der Waals surface area contributed by atoms with Crippen LogP contribution in [0.3, 0.4) is 0 Å². The molecule has 0 radical (unpaired) electrons. The third kappa shape index (κ3) is 4.20. The normalized spacial score (nSPS) is 12.1. The predicted molar refractivity (Wildman–Crippen MR) is 87.5 cm³/mol. The molecule has 116 valence electrons. The zero-order valence-electron chi connectivity index (χ0n) is 12.1. The number of hydrogen-bond donors (Lipinski definition) is 1. The first-order chi connectivity index (χ1) is 10.4. The van der Waals surface area contributed by atoms with Crippen LogP contribution in [0.1, 0.15) is 12.6 Å². The fourth-order valence-corrected chi connectivity index (χ4v) is 3.50. The van der Waals surface area contributed by atoms with Gasteiger partial charge in [0.25, 0.3) is 0 Å². The zero-order chi connectivity index (χ0) is 16.3. The molecule has 0 saturated carbocycles. The number of nitrogens with one attached hydrogen (secondary N) is 1. The monoisotopic (exact) mass is 381 g/mol. The van der Waals surface area contributed by atoms with Gasteiger partial charge in [0.2, 0.25) is 5.91 Å². The Morgan fingerprint density at radius 1 is 1.41 bits per heavy atom. The second-order valence-electron chi connectivity index (χ2n) is 4.81. The number of fused-ring (bicyclic) bond motifs is 1. The van der Waals surface area contributed by atoms with E-state index >= 15 is 0 Å². The van der Waals surface area contributed by atoms with Gasteiger partial charge >= 0.3 is 0 Å². The van der Waals surface area contributed by atoms with E-state index in [1.54, 1.807) is 0 Å². The van der Waals surface area contributed by atoms with Gasteiger partial charge in [0.1, 0.15) is 0 Å². The maximum absolute atomic E-state index is 11.1. The first-order valence-corrected chi connectivity index (χ1v) is 8.32. The fourth-order valence-electron chi connectivity index (χ4n) is 2.00. The fraction of sp³-hybridized carbons (Fsp3) is 0.267. The second-order valence-corrected chi connectivity index (χ2v) is 6.78. The number of halogens is 1. The summed E-state index contributed by atoms with van der Waals surface area (Å²) in [5, 5.41) is 14.4. The van der Waals surface area contributed by atoms with Crippen LogP contribution in [0.25, 0.3) is 10.9 Å². The molecule has 5 nitrogen and oxygen atoms in total. The lowest BCUT2D eigenvalue weighted by molar-refractivity contribution is -0.307. The van der Waals surface area contributed by atoms with E-state index in [2.05, 4.69) is 26.2 Å². The Balaban J connectivity index is 2.28. The Morgan fingerprint density at radius 2 is 2.14 bits per heavy atom. The number of carboxylic acids is 1. The van der Waals surface area contributed by atoms with E-state index in [1.807, 2.05) is 31.2 Å². The highest BCUT2D eigenvalue weighted by Gasteiger charge is 2.13. The van der Waals surface area contributed by atoms with Crippen LogP contribution in [0.15, 0.2) is 33.6 Å². The standard InChI is InChI=1S/C15H15BrN2O3S/c1-8-5-14(11-6-10(16)3-4-12(11)17-8)22-7-13(15(20)21)18-9(2)19/h3-6,13H,7H2,1-2H3,(H,18,19)(H,20,21)/p-1/t13-/m0/s1. The predicted octanol–water partition coefficient (Wildman–Crippen LogP) is 1.65. The Morgan fingerprint density at radius 3 is 2.77 bits per heavy atom. The molecule has 0 unspecified atom stereocenters. The summed E-state index contributed by atoms with van der Waals surface area (Å²) in [5.74, 6) is -1.50. The molecule has 22 heavy (non-hydrogen) atoms. The molecule has 1 N–H and O–H groups in total. The molecule has 7 heteroatoms. The molecule has 1 aromatic heterocycles. The molecule has 0 saturated heterocycles. The first kappa shape index (κ1) is 16.8. The first-order valence-electron chi connectivity index (χ1n) is 6.54. The number of aromatic nitrogens is 1. The number of pyridine rings is 1. The van der Waals surface area contributed by atoms with Gasteiger partial charge in [-0.05, 0) is 31.2 Å². The number of nitrogens with zero attached hydrogens (tertiary/aromatic N) is 1. The molecule has 1 amide bonds. The number of benzene rings is 1. The maximum atomic E-state index is 11.1. The van der Waals surface area contributed by atoms with Crippen molar-refractivity contribution in [1.82, 2.24) is 10.3 Å². The van der Waals surface area contributed by atoms with Crippen molar-refractivity contribution in [2.24, 2.45) is 0 Å². The molecule has 1 aromatic carbocycles. The molecule has 0 aliphatic rings. The van der Waals surface area contributed by atoms with Crippen LogP contribution < -0.4 is 10.4 Å². The highest BCUT2D eigenvalue weighted by molar-refractivity contribution is 9.10. The number of carbonyl (C=O) groups excluding carboxylic acids is 2. The van der Waals surface area contributed by atoms with Crippen molar-refractivity contribution >= 4 is 50.5 Å². The quantitative estimate of drug-likeness (QED) is 0.796. The number of thioether (sulfide) groups is 1. The van der Waals surface area contributed by atoms with Gasteiger partial charge in [-0.25, -0.2) is 0 Å². The van der Waals surface area contributed by atoms with Crippen molar-refractivity contribution in [3.05, 3.63) is 34.4 Å². The number of amides is 1. The molecule has 0 spiro atoms. The van der Waals surface area contributed by atoms with Gasteiger partial charge in [0, 0.05) is 33.1 Å². The number of rotatable bonds is 5. The minimum absolute atomic E-state index is 0.187. The van der Waals surface area contributed by atoms with Crippen molar-refractivity contribution in [2.45, 2.75) is 24.8 Å². The minimum atomic E-state index is -1.29. The molecule has 0 aliphatic heterocycles. The summed E-state index contributed by atoms with van der Waals surface area (Å²) in [7, 11) is 0. The molecular weight excluding hydrogens is 368 g/mol. The summed E-state index contributed by atoms with van der Waals surface area (Å²) < 4.78 is 0.922. The highest BCUT2D eigenvalue weighted by atomic mass is 79.9. The van der Waals surface area contributed by atoms with E-state index in [1.165, 1.54) is 18.7 Å². The van der Waals surface area contributed by atoms with Gasteiger partial charge in [-0.1, -0.05) is 15.9 Å². The summed E-state index contributed by atoms with van der Waals surface area (Å²) in [4.78, 5) is 27.5. The number of aryl methyl sites for hydroxylation is 1. The van der Waals surface area contributed by atoms with Gasteiger partial charge in [-0.15, -0.1) is 11.8 Å². The summed E-state index contributed by atoms with van der Waals surface area (Å²) in [6.45, 7) is 3.17. The average molecular weight is 382 g/mol. The Hall–Kier alpha value is -1.60. The van der Waals surface area contributed by atoms with Gasteiger partial charge in [0.05, 0.1) is 17.5 Å². The molecule has 2 aromatic rings. The molecule has 0 fully saturated rings. The molecular formula is C15H14BrN2O3S-. The Labute approximate surface area is 140 Å². The second kappa shape index (κ2) is 7.11. The molecule has 2 rings (SSSR count). The van der Waals surface area contributed by atoms with E-state index in [-0.39, 0.29) is 5.75 Å². The number of carbonyl (C=O) groups is 2. The Kier molecular flexibility index (Phi) is 5.42. The third-order valence-corrected chi connectivity index (χ3v) is 4.57. The highest BCUT2D eigenvalue weighted by Crippen LogP contribution is 2.30. The molecule has 0 aliphatic carbocycles. The van der Waals surface area contributed by atoms with Gasteiger partial charge in [-0.2, -0.15) is 0 Å². The number of hydrogen-bond acceptors (Lipinski definition) is 5. The number of carboxylic acid groups (broad SMARTS) is 1. The summed E-state index contributed by atoms with van der Waals surface area (Å²) >= 11 is 4.78. The van der Waals surface area contributed by atoms with E-state index < -0.39 is 17.9 Å². The van der Waals surface area contributed by atoms with Crippen LogP contribution in [-0.2, 0) is 9.59 Å². The topological polar surface area (TPSA) is 82.1 Å². The van der Waals surface area contributed by atoms with Crippen molar-refractivity contribution in [1.29, 1.82) is 0 Å². The average Bonchev–Trinajstić information content (AvgIpc) is 2.43. The summed E-state index contributed by atoms with van der Waals surface area (Å²) in [5.41, 5.74) is 1.69. The van der Waals surface area contributed by atoms with Crippen molar-refractivity contribution in [3.8, 4) is 0 Å². The third-order valence-electron chi connectivity index (χ3n) is 2.93. The zero-order valence-corrected chi connectivity index (χ0v) is 14.5. The van der Waals surface area contributed by atoms with E-state index in [9.17, 15) is 14.7 Å². The van der Waals surface area contributed by atoms with Crippen molar-refractivity contribution in [3.63, 3.8) is 0 Å². The largest absolute Gasteiger partial charge is 0.548 e. The SMILES string of the molecule is CC(=O)N[C@@H](CSc1cc(C)nc2ccc(Br)cc12)C(=O)[O-]. The van der Waals surface area contributed by atoms with Crippen LogP contribution in [-0.4, -0.2) is 28.7 Å². The van der Waals surface area contributed by atoms with Crippen LogP contribution in [0.5, 0.6) is 0 Å². The lowest BCUT2D eigenvalue weighted by atomic mass is 10.2. The van der Waals surface area contributed by atoms with Gasteiger partial charge in [-0.3, -0.25) is 9.78 Å².